The van der Waals surface area contributed by atoms with Gasteiger partial charge in [-0.3, -0.25) is 0 Å². The first kappa shape index (κ1) is 24.5. The van der Waals surface area contributed by atoms with Crippen LogP contribution >= 0.6 is 0 Å². The van der Waals surface area contributed by atoms with Gasteiger partial charge in [0, 0.05) is 0 Å². The number of rotatable bonds is 9. The lowest BCUT2D eigenvalue weighted by Crippen LogP contribution is -2.30. The van der Waals surface area contributed by atoms with Crippen LogP contribution in [0.4, 0.5) is 4.39 Å². The number of unbranched alkanes of at least 4 members (excludes halogenated alkanes) is 1. The normalized spacial score (nSPS) is 24.2. The minimum atomic E-state index is -0.556. The molecule has 4 atom stereocenters. The van der Waals surface area contributed by atoms with E-state index in [1.165, 1.54) is 51.0 Å². The van der Waals surface area contributed by atoms with Crippen LogP contribution in [0.25, 0.3) is 0 Å². The highest BCUT2D eigenvalue weighted by atomic mass is 19.1. The van der Waals surface area contributed by atoms with Gasteiger partial charge in [-0.1, -0.05) is 51.3 Å². The van der Waals surface area contributed by atoms with Gasteiger partial charge < -0.3 is 9.47 Å². The third-order valence-electron chi connectivity index (χ3n) is 7.77. The molecule has 0 saturated heterocycles. The zero-order valence-corrected chi connectivity index (χ0v) is 20.3. The number of benzene rings is 2. The van der Waals surface area contributed by atoms with Gasteiger partial charge in [-0.2, -0.15) is 0 Å². The Morgan fingerprint density at radius 3 is 2.50 bits per heavy atom. The topological polar surface area (TPSA) is 35.5 Å². The zero-order chi connectivity index (χ0) is 23.9. The molecule has 4 heteroatoms. The minimum absolute atomic E-state index is 0.235. The van der Waals surface area contributed by atoms with Crippen LogP contribution in [0, 0.1) is 23.6 Å². The van der Waals surface area contributed by atoms with E-state index in [2.05, 4.69) is 13.5 Å². The van der Waals surface area contributed by atoms with Crippen molar-refractivity contribution in [2.24, 2.45) is 17.8 Å². The highest BCUT2D eigenvalue weighted by Gasteiger charge is 2.36. The van der Waals surface area contributed by atoms with Gasteiger partial charge in [0.2, 0.25) is 0 Å². The third kappa shape index (κ3) is 6.08. The Morgan fingerprint density at radius 1 is 1.03 bits per heavy atom. The summed E-state index contributed by atoms with van der Waals surface area (Å²) in [5, 5.41) is 0. The van der Waals surface area contributed by atoms with E-state index in [4.69, 9.17) is 9.47 Å². The molecule has 0 N–H and O–H groups in total. The second-order valence-corrected chi connectivity index (χ2v) is 10.0. The zero-order valence-electron chi connectivity index (χ0n) is 20.3. The van der Waals surface area contributed by atoms with Gasteiger partial charge in [-0.15, -0.1) is 0 Å². The van der Waals surface area contributed by atoms with Crippen molar-refractivity contribution in [3.05, 3.63) is 72.1 Å². The number of carbonyl (C=O) groups excluding carboxylic acids is 1. The van der Waals surface area contributed by atoms with Crippen LogP contribution in [0.3, 0.4) is 0 Å². The second-order valence-electron chi connectivity index (χ2n) is 10.0. The lowest BCUT2D eigenvalue weighted by Gasteiger charge is -2.42. The third-order valence-corrected chi connectivity index (χ3v) is 7.77. The predicted octanol–water partition coefficient (Wildman–Crippen LogP) is 8.10. The van der Waals surface area contributed by atoms with E-state index < -0.39 is 5.97 Å². The van der Waals surface area contributed by atoms with Crippen molar-refractivity contribution in [2.45, 2.75) is 70.6 Å². The van der Waals surface area contributed by atoms with E-state index in [0.717, 1.165) is 36.2 Å². The molecule has 0 aromatic heterocycles. The molecule has 0 aliphatic heterocycles. The Bertz CT molecular complexity index is 968. The lowest BCUT2D eigenvalue weighted by molar-refractivity contribution is 0.0734. The number of hydrogen-bond donors (Lipinski definition) is 0. The van der Waals surface area contributed by atoms with Crippen molar-refractivity contribution >= 4 is 5.97 Å². The number of hydrogen-bond acceptors (Lipinski definition) is 3. The number of esters is 1. The second kappa shape index (κ2) is 11.7. The molecule has 2 fully saturated rings. The fourth-order valence-corrected chi connectivity index (χ4v) is 5.93. The summed E-state index contributed by atoms with van der Waals surface area (Å²) >= 11 is 0. The summed E-state index contributed by atoms with van der Waals surface area (Å²) in [7, 11) is 0. The Balaban J connectivity index is 1.34. The molecule has 2 aromatic carbocycles. The Kier molecular flexibility index (Phi) is 8.42. The summed E-state index contributed by atoms with van der Waals surface area (Å²) in [5.74, 6) is 2.91. The molecule has 2 aliphatic carbocycles. The minimum Gasteiger partial charge on any atom is -0.490 e. The van der Waals surface area contributed by atoms with Crippen molar-refractivity contribution in [2.75, 3.05) is 6.61 Å². The summed E-state index contributed by atoms with van der Waals surface area (Å²) in [4.78, 5) is 12.6. The van der Waals surface area contributed by atoms with Gasteiger partial charge in [-0.25, -0.2) is 9.18 Å². The molecule has 3 nitrogen and oxygen atoms in total. The van der Waals surface area contributed by atoms with Gasteiger partial charge >= 0.3 is 5.97 Å². The highest BCUT2D eigenvalue weighted by Crippen LogP contribution is 2.48. The fourth-order valence-electron chi connectivity index (χ4n) is 5.93. The van der Waals surface area contributed by atoms with Crippen LogP contribution in [0.1, 0.15) is 86.6 Å². The first-order chi connectivity index (χ1) is 16.6. The van der Waals surface area contributed by atoms with Crippen molar-refractivity contribution in [3.8, 4) is 11.5 Å². The van der Waals surface area contributed by atoms with Gasteiger partial charge in [0.15, 0.2) is 0 Å². The SMILES string of the molecule is C=CCOc1ccc(OC(=O)c2ccc(C3CCC4CC(CCCC)CCC4C3)c(F)c2)cc1. The van der Waals surface area contributed by atoms with Crippen LogP contribution in [0.2, 0.25) is 0 Å². The van der Waals surface area contributed by atoms with Crippen molar-refractivity contribution in [1.29, 1.82) is 0 Å². The summed E-state index contributed by atoms with van der Waals surface area (Å²) in [5.41, 5.74) is 0.991. The Morgan fingerprint density at radius 2 is 1.76 bits per heavy atom. The molecule has 0 radical (unpaired) electrons. The van der Waals surface area contributed by atoms with Crippen molar-refractivity contribution < 1.29 is 18.7 Å². The molecule has 2 saturated carbocycles. The molecule has 0 amide bonds. The predicted molar refractivity (Wildman–Crippen MR) is 134 cm³/mol. The Hall–Kier alpha value is -2.62. The average Bonchev–Trinajstić information content (AvgIpc) is 2.86. The largest absolute Gasteiger partial charge is 0.490 e. The monoisotopic (exact) mass is 464 g/mol. The number of fused-ring (bicyclic) bond motifs is 1. The molecule has 182 valence electrons. The maximum absolute atomic E-state index is 15.1. The average molecular weight is 465 g/mol. The van der Waals surface area contributed by atoms with Crippen LogP contribution in [0.5, 0.6) is 11.5 Å². The van der Waals surface area contributed by atoms with E-state index >= 15 is 4.39 Å². The van der Waals surface area contributed by atoms with Gasteiger partial charge in [-0.05, 0) is 97.7 Å². The summed E-state index contributed by atoms with van der Waals surface area (Å²) in [6.45, 7) is 6.30. The van der Waals surface area contributed by atoms with E-state index in [-0.39, 0.29) is 17.3 Å². The molecule has 4 rings (SSSR count). The van der Waals surface area contributed by atoms with E-state index in [0.29, 0.717) is 18.1 Å². The smallest absolute Gasteiger partial charge is 0.343 e. The van der Waals surface area contributed by atoms with Crippen molar-refractivity contribution in [1.82, 2.24) is 0 Å². The number of ether oxygens (including phenoxy) is 2. The molecule has 0 heterocycles. The van der Waals surface area contributed by atoms with E-state index in [1.807, 2.05) is 0 Å². The number of halogens is 1. The molecular weight excluding hydrogens is 427 g/mol. The van der Waals surface area contributed by atoms with E-state index in [9.17, 15) is 4.79 Å². The van der Waals surface area contributed by atoms with Crippen LogP contribution in [0.15, 0.2) is 55.1 Å². The van der Waals surface area contributed by atoms with Crippen molar-refractivity contribution in [3.63, 3.8) is 0 Å². The molecular formula is C30H37FO3. The maximum Gasteiger partial charge on any atom is 0.343 e. The first-order valence-electron chi connectivity index (χ1n) is 12.9. The highest BCUT2D eigenvalue weighted by molar-refractivity contribution is 5.91. The molecule has 34 heavy (non-hydrogen) atoms. The standard InChI is InChI=1S/C30H37FO3/c1-3-5-6-21-7-8-23-19-24(10-9-22(23)18-21)28-16-11-25(20-29(28)31)30(32)34-27-14-12-26(13-15-27)33-17-4-2/h4,11-16,20-24H,2-3,5-10,17-19H2,1H3. The van der Waals surface area contributed by atoms with Crippen LogP contribution < -0.4 is 9.47 Å². The van der Waals surface area contributed by atoms with E-state index in [1.54, 1.807) is 42.5 Å². The van der Waals surface area contributed by atoms with Crippen LogP contribution in [-0.2, 0) is 0 Å². The fraction of sp³-hybridized carbons (Fsp3) is 0.500. The first-order valence-corrected chi connectivity index (χ1v) is 12.9. The summed E-state index contributed by atoms with van der Waals surface area (Å²) in [6.07, 6.45) is 13.0. The van der Waals surface area contributed by atoms with Gasteiger partial charge in [0.05, 0.1) is 5.56 Å². The molecule has 4 unspecified atom stereocenters. The quantitative estimate of drug-likeness (QED) is 0.214. The lowest BCUT2D eigenvalue weighted by atomic mass is 9.63. The molecule has 2 aliphatic rings. The molecule has 2 aromatic rings. The molecule has 0 bridgehead atoms. The summed E-state index contributed by atoms with van der Waals surface area (Å²) in [6, 6.07) is 11.6. The summed E-state index contributed by atoms with van der Waals surface area (Å²) < 4.78 is 26.0. The van der Waals surface area contributed by atoms with Crippen LogP contribution in [-0.4, -0.2) is 12.6 Å². The Labute approximate surface area is 203 Å². The number of carbonyl (C=O) groups is 1. The van der Waals surface area contributed by atoms with Gasteiger partial charge in [0.25, 0.3) is 0 Å². The maximum atomic E-state index is 15.1. The van der Waals surface area contributed by atoms with Gasteiger partial charge in [0.1, 0.15) is 23.9 Å². The molecule has 0 spiro atoms.